The van der Waals surface area contributed by atoms with Crippen molar-refractivity contribution < 1.29 is 4.74 Å². The van der Waals surface area contributed by atoms with Crippen molar-refractivity contribution in [2.75, 3.05) is 49.6 Å². The molecule has 0 atom stereocenters. The Balaban J connectivity index is 1.34. The molecule has 3 aromatic rings. The Morgan fingerprint density at radius 3 is 2.66 bits per heavy atom. The Labute approximate surface area is 186 Å². The predicted molar refractivity (Wildman–Crippen MR) is 122 cm³/mol. The first kappa shape index (κ1) is 20.0. The summed E-state index contributed by atoms with van der Waals surface area (Å²) >= 11 is 0. The van der Waals surface area contributed by atoms with Crippen molar-refractivity contribution in [3.63, 3.8) is 0 Å². The molecule has 0 amide bonds. The van der Waals surface area contributed by atoms with Crippen LogP contribution < -0.4 is 21.1 Å². The van der Waals surface area contributed by atoms with Gasteiger partial charge in [0.1, 0.15) is 18.5 Å². The maximum absolute atomic E-state index is 9.75. The zero-order valence-corrected chi connectivity index (χ0v) is 17.8. The highest BCUT2D eigenvalue weighted by molar-refractivity contribution is 5.71. The van der Waals surface area contributed by atoms with E-state index in [1.165, 1.54) is 0 Å². The van der Waals surface area contributed by atoms with Gasteiger partial charge in [-0.2, -0.15) is 5.26 Å². The Morgan fingerprint density at radius 2 is 1.94 bits per heavy atom. The lowest BCUT2D eigenvalue weighted by molar-refractivity contribution is -0.00241. The molecule has 1 spiro atoms. The molecule has 4 heterocycles. The Kier molecular flexibility index (Phi) is 4.79. The average Bonchev–Trinajstić information content (AvgIpc) is 2.74. The maximum Gasteiger partial charge on any atom is 0.258 e. The molecule has 1 aromatic carbocycles. The van der Waals surface area contributed by atoms with E-state index >= 15 is 0 Å². The van der Waals surface area contributed by atoms with Gasteiger partial charge in [0.25, 0.3) is 5.88 Å². The highest BCUT2D eigenvalue weighted by atomic mass is 16.5. The molecule has 9 nitrogen and oxygen atoms in total. The third-order valence-electron chi connectivity index (χ3n) is 6.00. The molecule has 0 unspecified atom stereocenters. The fourth-order valence-corrected chi connectivity index (χ4v) is 4.66. The van der Waals surface area contributed by atoms with E-state index < -0.39 is 0 Å². The number of benzene rings is 1. The van der Waals surface area contributed by atoms with E-state index in [1.54, 1.807) is 18.5 Å². The smallest absolute Gasteiger partial charge is 0.258 e. The molecule has 0 bridgehead atoms. The van der Waals surface area contributed by atoms with Crippen LogP contribution in [0.5, 0.6) is 5.88 Å². The Morgan fingerprint density at radius 1 is 1.12 bits per heavy atom. The molecule has 5 rings (SSSR count). The van der Waals surface area contributed by atoms with Gasteiger partial charge in [-0.15, -0.1) is 0 Å². The predicted octanol–water partition coefficient (Wildman–Crippen LogP) is 1.91. The number of rotatable bonds is 5. The van der Waals surface area contributed by atoms with Crippen LogP contribution in [0.3, 0.4) is 0 Å². The fourth-order valence-electron chi connectivity index (χ4n) is 4.66. The number of pyridine rings is 1. The summed E-state index contributed by atoms with van der Waals surface area (Å²) in [4.78, 5) is 17.3. The average molecular weight is 429 g/mol. The number of nitriles is 1. The van der Waals surface area contributed by atoms with Crippen molar-refractivity contribution >= 4 is 17.3 Å². The zero-order chi connectivity index (χ0) is 22.3. The number of aromatic nitrogens is 3. The Hall–Kier alpha value is -3.90. The van der Waals surface area contributed by atoms with Crippen LogP contribution in [0.15, 0.2) is 42.7 Å². The van der Waals surface area contributed by atoms with Crippen molar-refractivity contribution in [2.45, 2.75) is 6.61 Å². The summed E-state index contributed by atoms with van der Waals surface area (Å²) in [5, 5.41) is 9.75. The monoisotopic (exact) mass is 428 g/mol. The summed E-state index contributed by atoms with van der Waals surface area (Å²) in [6.45, 7) is 4.47. The highest BCUT2D eigenvalue weighted by Crippen LogP contribution is 2.42. The molecule has 2 aliphatic heterocycles. The Bertz CT molecular complexity index is 1210. The summed E-state index contributed by atoms with van der Waals surface area (Å²) in [6, 6.07) is 11.7. The molecule has 162 valence electrons. The van der Waals surface area contributed by atoms with E-state index in [2.05, 4.69) is 37.9 Å². The lowest BCUT2D eigenvalue weighted by atomic mass is 9.73. The van der Waals surface area contributed by atoms with Gasteiger partial charge in [-0.25, -0.2) is 15.0 Å². The van der Waals surface area contributed by atoms with Crippen molar-refractivity contribution in [1.29, 1.82) is 5.26 Å². The topological polar surface area (TPSA) is 130 Å². The largest absolute Gasteiger partial charge is 0.470 e. The maximum atomic E-state index is 9.75. The van der Waals surface area contributed by atoms with Gasteiger partial charge in [0, 0.05) is 43.4 Å². The van der Waals surface area contributed by atoms with Gasteiger partial charge in [0.15, 0.2) is 5.82 Å². The van der Waals surface area contributed by atoms with E-state index in [-0.39, 0.29) is 18.3 Å². The van der Waals surface area contributed by atoms with Crippen LogP contribution in [0, 0.1) is 16.7 Å². The SMILES string of the molecule is CN1CC2(C1)CN(c1ccc(-c3cnc(N)c(OCc4ccnc(N)c4)n3)cc1C#N)C2. The van der Waals surface area contributed by atoms with E-state index in [9.17, 15) is 5.26 Å². The highest BCUT2D eigenvalue weighted by Gasteiger charge is 2.50. The van der Waals surface area contributed by atoms with Gasteiger partial charge in [0.05, 0.1) is 23.1 Å². The fraction of sp³-hybridized carbons (Fsp3) is 0.304. The van der Waals surface area contributed by atoms with E-state index in [0.717, 1.165) is 43.0 Å². The van der Waals surface area contributed by atoms with E-state index in [4.69, 9.17) is 16.2 Å². The molecule has 4 N–H and O–H groups in total. The van der Waals surface area contributed by atoms with Gasteiger partial charge >= 0.3 is 0 Å². The third kappa shape index (κ3) is 3.65. The van der Waals surface area contributed by atoms with Crippen LogP contribution in [0.2, 0.25) is 0 Å². The van der Waals surface area contributed by atoms with Crippen molar-refractivity contribution in [2.24, 2.45) is 5.41 Å². The second kappa shape index (κ2) is 7.66. The van der Waals surface area contributed by atoms with Gasteiger partial charge in [-0.1, -0.05) is 6.07 Å². The molecule has 2 aliphatic rings. The lowest BCUT2D eigenvalue weighted by Crippen LogP contribution is -2.71. The first-order chi connectivity index (χ1) is 15.4. The minimum Gasteiger partial charge on any atom is -0.470 e. The zero-order valence-electron chi connectivity index (χ0n) is 17.8. The lowest BCUT2D eigenvalue weighted by Gasteiger charge is -2.60. The minimum absolute atomic E-state index is 0.198. The standard InChI is InChI=1S/C23H24N8O/c1-30-11-23(12-30)13-31(14-23)19-3-2-16(7-17(19)8-24)18-9-28-21(26)22(29-18)32-10-15-4-5-27-20(25)6-15/h2-7,9H,10-14H2,1H3,(H2,25,27)(H2,26,28). The molecular weight excluding hydrogens is 404 g/mol. The number of nitrogens with zero attached hydrogens (tertiary/aromatic N) is 6. The van der Waals surface area contributed by atoms with Crippen LogP contribution in [-0.2, 0) is 6.61 Å². The summed E-state index contributed by atoms with van der Waals surface area (Å²) in [5.74, 6) is 0.851. The molecule has 0 saturated carbocycles. The molecule has 2 saturated heterocycles. The number of hydrogen-bond acceptors (Lipinski definition) is 9. The van der Waals surface area contributed by atoms with Crippen molar-refractivity contribution in [3.8, 4) is 23.2 Å². The molecule has 0 aliphatic carbocycles. The summed E-state index contributed by atoms with van der Waals surface area (Å²) in [7, 11) is 2.14. The normalized spacial score (nSPS) is 16.8. The number of nitrogen functional groups attached to an aromatic ring is 2. The van der Waals surface area contributed by atoms with Crippen molar-refractivity contribution in [3.05, 3.63) is 53.9 Å². The van der Waals surface area contributed by atoms with Crippen LogP contribution in [-0.4, -0.2) is 53.1 Å². The second-order valence-electron chi connectivity index (χ2n) is 8.70. The van der Waals surface area contributed by atoms with E-state index in [1.807, 2.05) is 24.3 Å². The quantitative estimate of drug-likeness (QED) is 0.625. The number of ether oxygens (including phenoxy) is 1. The van der Waals surface area contributed by atoms with Gasteiger partial charge in [0.2, 0.25) is 0 Å². The van der Waals surface area contributed by atoms with Gasteiger partial charge < -0.3 is 26.0 Å². The number of anilines is 3. The molecular formula is C23H24N8O. The summed E-state index contributed by atoms with van der Waals surface area (Å²) in [6.07, 6.45) is 3.21. The van der Waals surface area contributed by atoms with Crippen LogP contribution in [0.4, 0.5) is 17.3 Å². The summed E-state index contributed by atoms with van der Waals surface area (Å²) in [5.41, 5.74) is 15.9. The molecule has 32 heavy (non-hydrogen) atoms. The number of nitrogens with two attached hydrogens (primary N) is 2. The van der Waals surface area contributed by atoms with Gasteiger partial charge in [-0.05, 0) is 36.9 Å². The number of hydrogen-bond donors (Lipinski definition) is 2. The number of likely N-dealkylation sites (tertiary alicyclic amines) is 1. The van der Waals surface area contributed by atoms with Crippen LogP contribution in [0.1, 0.15) is 11.1 Å². The minimum atomic E-state index is 0.198. The van der Waals surface area contributed by atoms with Crippen LogP contribution >= 0.6 is 0 Å². The van der Waals surface area contributed by atoms with Gasteiger partial charge in [-0.3, -0.25) is 0 Å². The molecule has 9 heteroatoms. The molecule has 0 radical (unpaired) electrons. The molecule has 2 aromatic heterocycles. The second-order valence-corrected chi connectivity index (χ2v) is 8.70. The first-order valence-corrected chi connectivity index (χ1v) is 10.4. The van der Waals surface area contributed by atoms with E-state index in [0.29, 0.717) is 22.5 Å². The molecule has 2 fully saturated rings. The third-order valence-corrected chi connectivity index (χ3v) is 6.00. The van der Waals surface area contributed by atoms with Crippen molar-refractivity contribution in [1.82, 2.24) is 19.9 Å². The van der Waals surface area contributed by atoms with Crippen LogP contribution in [0.25, 0.3) is 11.3 Å². The first-order valence-electron chi connectivity index (χ1n) is 10.4. The summed E-state index contributed by atoms with van der Waals surface area (Å²) < 4.78 is 5.78.